The molecule has 1 atom stereocenters. The van der Waals surface area contributed by atoms with E-state index in [0.717, 1.165) is 6.42 Å². The quantitative estimate of drug-likeness (QED) is 0.826. The monoisotopic (exact) mass is 235 g/mol. The van der Waals surface area contributed by atoms with Crippen LogP contribution in [0.15, 0.2) is 18.2 Å². The molecule has 0 bridgehead atoms. The van der Waals surface area contributed by atoms with Crippen LogP contribution in [-0.2, 0) is 0 Å². The fourth-order valence-corrected chi connectivity index (χ4v) is 1.54. The van der Waals surface area contributed by atoms with Gasteiger partial charge in [0.15, 0.2) is 5.82 Å². The highest BCUT2D eigenvalue weighted by atomic mass is 19.1. The number of anilines is 1. The fourth-order valence-electron chi connectivity index (χ4n) is 1.54. The van der Waals surface area contributed by atoms with Crippen LogP contribution in [0.25, 0.3) is 11.4 Å². The van der Waals surface area contributed by atoms with Gasteiger partial charge in [-0.25, -0.2) is 9.07 Å². The zero-order valence-corrected chi connectivity index (χ0v) is 9.76. The average molecular weight is 235 g/mol. The van der Waals surface area contributed by atoms with Gasteiger partial charge in [-0.2, -0.15) is 0 Å². The molecule has 0 saturated carbocycles. The maximum Gasteiger partial charge on any atom is 0.182 e. The molecule has 17 heavy (non-hydrogen) atoms. The third-order valence-electron chi connectivity index (χ3n) is 2.76. The predicted octanol–water partition coefficient (Wildman–Crippen LogP) is 2.03. The molecule has 90 valence electrons. The van der Waals surface area contributed by atoms with Crippen LogP contribution < -0.4 is 5.73 Å². The molecule has 2 aromatic rings. The largest absolute Gasteiger partial charge is 0.396 e. The number of aromatic nitrogens is 4. The molecule has 1 aromatic carbocycles. The van der Waals surface area contributed by atoms with Crippen molar-refractivity contribution in [3.63, 3.8) is 0 Å². The van der Waals surface area contributed by atoms with E-state index in [0.29, 0.717) is 11.4 Å². The molecule has 1 aromatic heterocycles. The Hall–Kier alpha value is -1.98. The third-order valence-corrected chi connectivity index (χ3v) is 2.76. The minimum Gasteiger partial charge on any atom is -0.396 e. The lowest BCUT2D eigenvalue weighted by Crippen LogP contribution is -2.08. The zero-order chi connectivity index (χ0) is 12.4. The Morgan fingerprint density at radius 1 is 1.47 bits per heavy atom. The third kappa shape index (κ3) is 2.11. The predicted molar refractivity (Wildman–Crippen MR) is 62.6 cm³/mol. The fraction of sp³-hybridized carbons (Fsp3) is 0.364. The van der Waals surface area contributed by atoms with E-state index in [4.69, 9.17) is 5.73 Å². The van der Waals surface area contributed by atoms with Crippen LogP contribution in [0, 0.1) is 5.82 Å². The molecule has 1 heterocycles. The summed E-state index contributed by atoms with van der Waals surface area (Å²) in [5.41, 5.74) is 6.35. The van der Waals surface area contributed by atoms with E-state index in [1.165, 1.54) is 6.07 Å². The van der Waals surface area contributed by atoms with Gasteiger partial charge in [-0.15, -0.1) is 5.10 Å². The van der Waals surface area contributed by atoms with Gasteiger partial charge in [-0.3, -0.25) is 0 Å². The van der Waals surface area contributed by atoms with Crippen molar-refractivity contribution < 1.29 is 4.39 Å². The van der Waals surface area contributed by atoms with Crippen molar-refractivity contribution in [2.24, 2.45) is 0 Å². The van der Waals surface area contributed by atoms with E-state index in [2.05, 4.69) is 22.4 Å². The smallest absolute Gasteiger partial charge is 0.182 e. The molecule has 0 aliphatic rings. The standard InChI is InChI=1S/C11H14FN5/c1-3-7(2)17-11(14-15-16-17)8-4-5-9(12)10(13)6-8/h4-7H,3,13H2,1-2H3. The maximum atomic E-state index is 13.1. The van der Waals surface area contributed by atoms with Crippen LogP contribution in [0.4, 0.5) is 10.1 Å². The molecule has 0 aliphatic heterocycles. The summed E-state index contributed by atoms with van der Waals surface area (Å²) in [5, 5.41) is 11.5. The number of tetrazole rings is 1. The number of nitrogen functional groups attached to an aromatic ring is 1. The molecule has 0 spiro atoms. The number of halogens is 1. The van der Waals surface area contributed by atoms with E-state index in [1.807, 2.05) is 6.92 Å². The Morgan fingerprint density at radius 3 is 2.88 bits per heavy atom. The second-order valence-corrected chi connectivity index (χ2v) is 3.94. The first kappa shape index (κ1) is 11.5. The van der Waals surface area contributed by atoms with Crippen LogP contribution in [0.1, 0.15) is 26.3 Å². The van der Waals surface area contributed by atoms with Crippen LogP contribution in [0.5, 0.6) is 0 Å². The van der Waals surface area contributed by atoms with Crippen molar-refractivity contribution in [3.8, 4) is 11.4 Å². The molecule has 0 aliphatic carbocycles. The van der Waals surface area contributed by atoms with Crippen LogP contribution in [-0.4, -0.2) is 20.2 Å². The van der Waals surface area contributed by atoms with Gasteiger partial charge in [0.25, 0.3) is 0 Å². The number of benzene rings is 1. The Balaban J connectivity index is 2.46. The first-order valence-corrected chi connectivity index (χ1v) is 5.46. The summed E-state index contributed by atoms with van der Waals surface area (Å²) in [5.74, 6) is 0.169. The van der Waals surface area contributed by atoms with E-state index < -0.39 is 5.82 Å². The molecular formula is C11H14FN5. The van der Waals surface area contributed by atoms with Gasteiger partial charge in [0.2, 0.25) is 0 Å². The average Bonchev–Trinajstić information content (AvgIpc) is 2.80. The highest BCUT2D eigenvalue weighted by Gasteiger charge is 2.14. The summed E-state index contributed by atoms with van der Waals surface area (Å²) in [6.45, 7) is 4.07. The van der Waals surface area contributed by atoms with Gasteiger partial charge in [0.05, 0.1) is 11.7 Å². The van der Waals surface area contributed by atoms with Crippen LogP contribution in [0.3, 0.4) is 0 Å². The van der Waals surface area contributed by atoms with Gasteiger partial charge in [-0.05, 0) is 42.0 Å². The summed E-state index contributed by atoms with van der Waals surface area (Å²) in [7, 11) is 0. The lowest BCUT2D eigenvalue weighted by atomic mass is 10.1. The first-order valence-electron chi connectivity index (χ1n) is 5.46. The minimum absolute atomic E-state index is 0.0983. The number of hydrogen-bond donors (Lipinski definition) is 1. The van der Waals surface area contributed by atoms with Crippen molar-refractivity contribution in [1.82, 2.24) is 20.2 Å². The van der Waals surface area contributed by atoms with E-state index in [9.17, 15) is 4.39 Å². The van der Waals surface area contributed by atoms with Crippen molar-refractivity contribution in [2.45, 2.75) is 26.3 Å². The Morgan fingerprint density at radius 2 is 2.24 bits per heavy atom. The second-order valence-electron chi connectivity index (χ2n) is 3.94. The summed E-state index contributed by atoms with van der Waals surface area (Å²) in [4.78, 5) is 0. The molecule has 0 radical (unpaired) electrons. The first-order chi connectivity index (χ1) is 8.13. The van der Waals surface area contributed by atoms with Gasteiger partial charge >= 0.3 is 0 Å². The molecule has 5 nitrogen and oxygen atoms in total. The molecule has 2 N–H and O–H groups in total. The van der Waals surface area contributed by atoms with Gasteiger partial charge in [0, 0.05) is 5.56 Å². The molecule has 1 unspecified atom stereocenters. The number of nitrogens with zero attached hydrogens (tertiary/aromatic N) is 4. The minimum atomic E-state index is -0.434. The van der Waals surface area contributed by atoms with Crippen molar-refractivity contribution in [1.29, 1.82) is 0 Å². The lowest BCUT2D eigenvalue weighted by molar-refractivity contribution is 0.469. The summed E-state index contributed by atoms with van der Waals surface area (Å²) >= 11 is 0. The SMILES string of the molecule is CCC(C)n1nnnc1-c1ccc(F)c(N)c1. The van der Waals surface area contributed by atoms with Crippen molar-refractivity contribution in [2.75, 3.05) is 5.73 Å². The molecule has 0 saturated heterocycles. The van der Waals surface area contributed by atoms with E-state index in [-0.39, 0.29) is 11.7 Å². The normalized spacial score (nSPS) is 12.6. The van der Waals surface area contributed by atoms with Gasteiger partial charge in [-0.1, -0.05) is 6.92 Å². The number of hydrogen-bond acceptors (Lipinski definition) is 4. The summed E-state index contributed by atoms with van der Waals surface area (Å²) < 4.78 is 14.8. The van der Waals surface area contributed by atoms with Crippen LogP contribution in [0.2, 0.25) is 0 Å². The highest BCUT2D eigenvalue weighted by molar-refractivity contribution is 5.61. The van der Waals surface area contributed by atoms with E-state index in [1.54, 1.807) is 16.8 Å². The second kappa shape index (κ2) is 4.48. The van der Waals surface area contributed by atoms with Gasteiger partial charge in [0.1, 0.15) is 5.82 Å². The zero-order valence-electron chi connectivity index (χ0n) is 9.76. The maximum absolute atomic E-state index is 13.1. The Kier molecular flexibility index (Phi) is 3.03. The highest BCUT2D eigenvalue weighted by Crippen LogP contribution is 2.23. The number of nitrogens with two attached hydrogens (primary N) is 1. The van der Waals surface area contributed by atoms with Gasteiger partial charge < -0.3 is 5.73 Å². The van der Waals surface area contributed by atoms with E-state index >= 15 is 0 Å². The van der Waals surface area contributed by atoms with Crippen LogP contribution >= 0.6 is 0 Å². The lowest BCUT2D eigenvalue weighted by Gasteiger charge is -2.11. The summed E-state index contributed by atoms with van der Waals surface area (Å²) in [6, 6.07) is 4.67. The molecule has 0 amide bonds. The molecule has 0 fully saturated rings. The molecule has 2 rings (SSSR count). The topological polar surface area (TPSA) is 69.6 Å². The summed E-state index contributed by atoms with van der Waals surface area (Å²) in [6.07, 6.45) is 0.911. The number of rotatable bonds is 3. The van der Waals surface area contributed by atoms with Crippen molar-refractivity contribution in [3.05, 3.63) is 24.0 Å². The van der Waals surface area contributed by atoms with Crippen molar-refractivity contribution >= 4 is 5.69 Å². The molecule has 6 heteroatoms. The Bertz CT molecular complexity index is 522. The molecular weight excluding hydrogens is 221 g/mol. The Labute approximate surface area is 98.4 Å².